The normalized spacial score (nSPS) is 12.3. The monoisotopic (exact) mass is 973 g/mol. The highest BCUT2D eigenvalue weighted by molar-refractivity contribution is 6.00. The Kier molecular flexibility index (Phi) is 14.5. The average Bonchev–Trinajstić information content (AvgIpc) is 3.74. The third-order valence-electron chi connectivity index (χ3n) is 16.0. The van der Waals surface area contributed by atoms with Gasteiger partial charge in [-0.1, -0.05) is 236 Å². The van der Waals surface area contributed by atoms with Gasteiger partial charge in [-0.15, -0.1) is 0 Å². The molecule has 0 spiro atoms. The first-order valence-corrected chi connectivity index (χ1v) is 27.5. The minimum Gasteiger partial charge on any atom is -0.310 e. The molecule has 370 valence electrons. The molecule has 0 aliphatic heterocycles. The SMILES string of the molecule is C=Cc1ccc(N(c2ccc(-c3ccc4c(c3)C(CCCCCC)(CCCCCC)c3cc(-c5ccc(N(c6ccc(C=C)cc6)c6cccc7ccccc67)cc5)ccc3-4)cc2)c2cccc3ccccc23)cc1. The summed E-state index contributed by atoms with van der Waals surface area (Å²) in [6, 6.07) is 81.4. The van der Waals surface area contributed by atoms with Gasteiger partial charge in [-0.05, 0) is 152 Å². The van der Waals surface area contributed by atoms with Crippen LogP contribution in [0.4, 0.5) is 34.1 Å². The first-order chi connectivity index (χ1) is 37.0. The molecular weight excluding hydrogens is 905 g/mol. The van der Waals surface area contributed by atoms with Crippen molar-refractivity contribution in [1.29, 1.82) is 0 Å². The number of benzene rings is 10. The van der Waals surface area contributed by atoms with Crippen LogP contribution >= 0.6 is 0 Å². The standard InChI is InChI=1S/C73H68N2/c1-5-9-11-17-49-73(50-18-12-10-6-2)69-51-59(55-33-43-63(44-34-55)74(61-39-29-53(7-3)30-40-61)71-27-19-23-57-21-13-15-25-65(57)71)37-47-67(69)68-48-38-60(52-70(68)73)56-35-45-64(46-36-56)75(62-41-31-54(8-4)32-42-62)72-28-20-24-58-22-14-16-26-66(58)72/h7-8,13-16,19-48,51-52H,3-6,9-12,17-18,49-50H2,1-2H3. The predicted molar refractivity (Wildman–Crippen MR) is 326 cm³/mol. The van der Waals surface area contributed by atoms with E-state index < -0.39 is 0 Å². The molecule has 10 aromatic rings. The Morgan fingerprint density at radius 2 is 0.720 bits per heavy atom. The maximum absolute atomic E-state index is 4.02. The van der Waals surface area contributed by atoms with Gasteiger partial charge in [-0.2, -0.15) is 0 Å². The minimum atomic E-state index is -0.0798. The van der Waals surface area contributed by atoms with Crippen LogP contribution < -0.4 is 9.80 Å². The number of anilines is 6. The number of hydrogen-bond donors (Lipinski definition) is 0. The summed E-state index contributed by atoms with van der Waals surface area (Å²) in [6.45, 7) is 12.7. The highest BCUT2D eigenvalue weighted by Gasteiger charge is 2.42. The number of hydrogen-bond acceptors (Lipinski definition) is 2. The zero-order valence-electron chi connectivity index (χ0n) is 43.8. The largest absolute Gasteiger partial charge is 0.310 e. The van der Waals surface area contributed by atoms with Crippen molar-refractivity contribution in [2.24, 2.45) is 0 Å². The van der Waals surface area contributed by atoms with Crippen molar-refractivity contribution < 1.29 is 0 Å². The van der Waals surface area contributed by atoms with E-state index in [1.54, 1.807) is 0 Å². The lowest BCUT2D eigenvalue weighted by Gasteiger charge is -2.33. The van der Waals surface area contributed by atoms with Gasteiger partial charge in [0.15, 0.2) is 0 Å². The van der Waals surface area contributed by atoms with Crippen molar-refractivity contribution in [3.05, 3.63) is 254 Å². The lowest BCUT2D eigenvalue weighted by molar-refractivity contribution is 0.401. The topological polar surface area (TPSA) is 6.48 Å². The van der Waals surface area contributed by atoms with Crippen LogP contribution in [0.15, 0.2) is 232 Å². The Morgan fingerprint density at radius 3 is 1.11 bits per heavy atom. The molecule has 2 nitrogen and oxygen atoms in total. The molecule has 0 unspecified atom stereocenters. The van der Waals surface area contributed by atoms with Gasteiger partial charge >= 0.3 is 0 Å². The number of rotatable bonds is 20. The summed E-state index contributed by atoms with van der Waals surface area (Å²) in [7, 11) is 0. The van der Waals surface area contributed by atoms with Crippen LogP contribution in [0.1, 0.15) is 100 Å². The quantitative estimate of drug-likeness (QED) is 0.0702. The first kappa shape index (κ1) is 49.0. The molecule has 0 saturated heterocycles. The second-order valence-electron chi connectivity index (χ2n) is 20.6. The maximum Gasteiger partial charge on any atom is 0.0540 e. The Hall–Kier alpha value is -8.20. The molecule has 0 aromatic heterocycles. The molecular formula is C73H68N2. The highest BCUT2D eigenvalue weighted by atomic mass is 15.1. The van der Waals surface area contributed by atoms with Gasteiger partial charge in [0.2, 0.25) is 0 Å². The molecule has 0 saturated carbocycles. The second kappa shape index (κ2) is 22.1. The lowest BCUT2D eigenvalue weighted by atomic mass is 9.70. The summed E-state index contributed by atoms with van der Waals surface area (Å²) in [5, 5.41) is 4.89. The van der Waals surface area contributed by atoms with Crippen molar-refractivity contribution in [2.45, 2.75) is 83.5 Å². The summed E-state index contributed by atoms with van der Waals surface area (Å²) in [4.78, 5) is 4.79. The zero-order valence-corrected chi connectivity index (χ0v) is 43.8. The molecule has 0 fully saturated rings. The van der Waals surface area contributed by atoms with Crippen LogP contribution in [0, 0.1) is 0 Å². The van der Waals surface area contributed by atoms with E-state index in [2.05, 4.69) is 255 Å². The fourth-order valence-corrected chi connectivity index (χ4v) is 12.0. The fourth-order valence-electron chi connectivity index (χ4n) is 12.0. The second-order valence-corrected chi connectivity index (χ2v) is 20.6. The molecule has 75 heavy (non-hydrogen) atoms. The molecule has 1 aliphatic rings. The molecule has 2 heteroatoms. The van der Waals surface area contributed by atoms with Crippen molar-refractivity contribution in [1.82, 2.24) is 0 Å². The van der Waals surface area contributed by atoms with E-state index in [-0.39, 0.29) is 5.41 Å². The molecule has 1 aliphatic carbocycles. The average molecular weight is 973 g/mol. The maximum atomic E-state index is 4.02. The zero-order chi connectivity index (χ0) is 51.1. The first-order valence-electron chi connectivity index (χ1n) is 27.5. The molecule has 11 rings (SSSR count). The van der Waals surface area contributed by atoms with Gasteiger partial charge < -0.3 is 9.80 Å². The number of fused-ring (bicyclic) bond motifs is 5. The van der Waals surface area contributed by atoms with Crippen LogP contribution in [-0.2, 0) is 5.41 Å². The predicted octanol–water partition coefficient (Wildman–Crippen LogP) is 21.8. The van der Waals surface area contributed by atoms with Crippen LogP contribution in [0.25, 0.3) is 67.1 Å². The summed E-state index contributed by atoms with van der Waals surface area (Å²) in [6.07, 6.45) is 16.1. The van der Waals surface area contributed by atoms with Gasteiger partial charge in [-0.25, -0.2) is 0 Å². The Bertz CT molecular complexity index is 3350. The van der Waals surface area contributed by atoms with Gasteiger partial charge in [0.1, 0.15) is 0 Å². The Balaban J connectivity index is 0.974. The van der Waals surface area contributed by atoms with Gasteiger partial charge in [-0.3, -0.25) is 0 Å². The smallest absolute Gasteiger partial charge is 0.0540 e. The summed E-state index contributed by atoms with van der Waals surface area (Å²) < 4.78 is 0. The summed E-state index contributed by atoms with van der Waals surface area (Å²) in [5.74, 6) is 0. The molecule has 0 amide bonds. The number of nitrogens with zero attached hydrogens (tertiary/aromatic N) is 2. The van der Waals surface area contributed by atoms with Crippen LogP contribution in [0.3, 0.4) is 0 Å². The molecule has 10 aromatic carbocycles. The molecule has 0 bridgehead atoms. The lowest BCUT2D eigenvalue weighted by Crippen LogP contribution is -2.25. The molecule has 0 radical (unpaired) electrons. The third-order valence-corrected chi connectivity index (χ3v) is 16.0. The third kappa shape index (κ3) is 9.74. The number of unbranched alkanes of at least 4 members (excludes halogenated alkanes) is 6. The van der Waals surface area contributed by atoms with Gasteiger partial charge in [0.25, 0.3) is 0 Å². The molecule has 0 heterocycles. The van der Waals surface area contributed by atoms with E-state index in [4.69, 9.17) is 0 Å². The van der Waals surface area contributed by atoms with E-state index in [1.165, 1.54) is 117 Å². The summed E-state index contributed by atoms with van der Waals surface area (Å²) >= 11 is 0. The van der Waals surface area contributed by atoms with E-state index >= 15 is 0 Å². The Morgan fingerprint density at radius 1 is 0.360 bits per heavy atom. The fraction of sp³-hybridized carbons (Fsp3) is 0.178. The van der Waals surface area contributed by atoms with E-state index in [0.717, 1.165) is 58.1 Å². The molecule has 0 N–H and O–H groups in total. The molecule has 0 atom stereocenters. The van der Waals surface area contributed by atoms with Crippen molar-refractivity contribution in [2.75, 3.05) is 9.80 Å². The van der Waals surface area contributed by atoms with Gasteiger partial charge in [0.05, 0.1) is 11.4 Å². The van der Waals surface area contributed by atoms with Crippen LogP contribution in [-0.4, -0.2) is 0 Å². The van der Waals surface area contributed by atoms with Crippen molar-refractivity contribution in [3.63, 3.8) is 0 Å². The van der Waals surface area contributed by atoms with E-state index in [9.17, 15) is 0 Å². The van der Waals surface area contributed by atoms with Crippen molar-refractivity contribution in [3.8, 4) is 33.4 Å². The Labute approximate surface area is 446 Å². The van der Waals surface area contributed by atoms with E-state index in [1.807, 2.05) is 12.2 Å². The van der Waals surface area contributed by atoms with E-state index in [0.29, 0.717) is 0 Å². The minimum absolute atomic E-state index is 0.0798. The highest BCUT2D eigenvalue weighted by Crippen LogP contribution is 2.56. The summed E-state index contributed by atoms with van der Waals surface area (Å²) in [5.41, 5.74) is 19.8. The van der Waals surface area contributed by atoms with Crippen molar-refractivity contribution >= 4 is 67.8 Å². The van der Waals surface area contributed by atoms with Gasteiger partial charge in [0, 0.05) is 38.9 Å². The van der Waals surface area contributed by atoms with Crippen LogP contribution in [0.5, 0.6) is 0 Å². The van der Waals surface area contributed by atoms with Crippen LogP contribution in [0.2, 0.25) is 0 Å².